The highest BCUT2D eigenvalue weighted by atomic mass is 32.1. The van der Waals surface area contributed by atoms with E-state index in [1.165, 1.54) is 10.4 Å². The van der Waals surface area contributed by atoms with E-state index in [1.54, 1.807) is 11.3 Å². The number of aromatic nitrogens is 2. The Morgan fingerprint density at radius 3 is 2.78 bits per heavy atom. The molecule has 2 rings (SSSR count). The third-order valence-corrected chi connectivity index (χ3v) is 3.99. The summed E-state index contributed by atoms with van der Waals surface area (Å²) in [5, 5.41) is 1.03. The van der Waals surface area contributed by atoms with Crippen molar-refractivity contribution >= 4 is 27.4 Å². The van der Waals surface area contributed by atoms with Crippen molar-refractivity contribution in [1.29, 1.82) is 0 Å². The molecule has 0 fully saturated rings. The molecule has 0 aliphatic carbocycles. The van der Waals surface area contributed by atoms with Gasteiger partial charge in [0, 0.05) is 17.9 Å². The highest BCUT2D eigenvalue weighted by molar-refractivity contribution is 7.18. The van der Waals surface area contributed by atoms with Crippen molar-refractivity contribution < 1.29 is 4.74 Å². The van der Waals surface area contributed by atoms with E-state index in [0.717, 1.165) is 16.0 Å². The summed E-state index contributed by atoms with van der Waals surface area (Å²) in [6, 6.07) is 0. The molecule has 3 N–H and O–H groups in total. The van der Waals surface area contributed by atoms with Crippen molar-refractivity contribution in [3.05, 3.63) is 16.3 Å². The second-order valence-corrected chi connectivity index (χ2v) is 5.25. The second-order valence-electron chi connectivity index (χ2n) is 4.04. The number of hydrogen-bond acceptors (Lipinski definition) is 6. The molecule has 2 aromatic heterocycles. The fourth-order valence-corrected chi connectivity index (χ4v) is 2.87. The summed E-state index contributed by atoms with van der Waals surface area (Å²) in [4.78, 5) is 11.2. The Morgan fingerprint density at radius 2 is 2.11 bits per heavy atom. The molecule has 2 aromatic rings. The van der Waals surface area contributed by atoms with E-state index in [0.29, 0.717) is 25.5 Å². The van der Waals surface area contributed by atoms with E-state index in [2.05, 4.69) is 29.2 Å². The number of nitrogen functional groups attached to an aromatic ring is 1. The van der Waals surface area contributed by atoms with Gasteiger partial charge in [-0.2, -0.15) is 0 Å². The number of nitrogens with two attached hydrogens (primary N) is 1. The van der Waals surface area contributed by atoms with Crippen molar-refractivity contribution in [1.82, 2.24) is 9.97 Å². The first-order valence-electron chi connectivity index (χ1n) is 5.98. The van der Waals surface area contributed by atoms with Crippen LogP contribution in [0.25, 0.3) is 10.2 Å². The van der Waals surface area contributed by atoms with Gasteiger partial charge >= 0.3 is 0 Å². The summed E-state index contributed by atoms with van der Waals surface area (Å²) in [6.45, 7) is 7.47. The minimum absolute atomic E-state index is 0.634. The molecule has 5 nitrogen and oxygen atoms in total. The van der Waals surface area contributed by atoms with Gasteiger partial charge in [-0.3, -0.25) is 0 Å². The quantitative estimate of drug-likeness (QED) is 0.493. The molecule has 18 heavy (non-hydrogen) atoms. The average molecular weight is 266 g/mol. The fraction of sp³-hybridized carbons (Fsp3) is 0.500. The largest absolute Gasteiger partial charge is 0.381 e. The number of anilines is 1. The number of hydrogen-bond donors (Lipinski definition) is 2. The third-order valence-electron chi connectivity index (χ3n) is 2.89. The topological polar surface area (TPSA) is 73.1 Å². The fourth-order valence-electron chi connectivity index (χ4n) is 1.82. The zero-order chi connectivity index (χ0) is 13.1. The summed E-state index contributed by atoms with van der Waals surface area (Å²) >= 11 is 1.67. The third kappa shape index (κ3) is 2.45. The first kappa shape index (κ1) is 13.2. The minimum atomic E-state index is 0.634. The number of nitrogens with one attached hydrogen (secondary N) is 1. The Bertz CT molecular complexity index is 552. The highest BCUT2D eigenvalue weighted by Gasteiger charge is 2.13. The molecular weight excluding hydrogens is 248 g/mol. The Balaban J connectivity index is 2.40. The first-order valence-corrected chi connectivity index (χ1v) is 6.80. The van der Waals surface area contributed by atoms with E-state index < -0.39 is 0 Å². The van der Waals surface area contributed by atoms with Crippen molar-refractivity contribution in [2.45, 2.75) is 27.2 Å². The molecule has 98 valence electrons. The zero-order valence-electron chi connectivity index (χ0n) is 10.9. The van der Waals surface area contributed by atoms with E-state index in [1.807, 2.05) is 6.92 Å². The normalized spacial score (nSPS) is 11.1. The lowest BCUT2D eigenvalue weighted by Gasteiger charge is -2.06. The van der Waals surface area contributed by atoms with Gasteiger partial charge in [0.05, 0.1) is 12.0 Å². The van der Waals surface area contributed by atoms with Crippen LogP contribution in [-0.4, -0.2) is 23.2 Å². The Labute approximate surface area is 110 Å². The average Bonchev–Trinajstić information content (AvgIpc) is 2.65. The standard InChI is InChI=1S/C12H18N4OS/c1-4-17-6-5-9-14-11(16-13)10-7(2)8(3)18-12(10)15-9/h4-6,13H2,1-3H3,(H,14,15,16). The predicted octanol–water partition coefficient (Wildman–Crippen LogP) is 2.17. The van der Waals surface area contributed by atoms with Crippen LogP contribution < -0.4 is 11.3 Å². The molecule has 0 spiro atoms. The molecule has 0 aliphatic rings. The number of aryl methyl sites for hydroxylation is 2. The van der Waals surface area contributed by atoms with Crippen LogP contribution >= 0.6 is 11.3 Å². The lowest BCUT2D eigenvalue weighted by Crippen LogP contribution is -2.12. The number of nitrogens with zero attached hydrogens (tertiary/aromatic N) is 2. The van der Waals surface area contributed by atoms with Crippen molar-refractivity contribution in [3.63, 3.8) is 0 Å². The van der Waals surface area contributed by atoms with Crippen LogP contribution in [0.5, 0.6) is 0 Å². The smallest absolute Gasteiger partial charge is 0.152 e. The van der Waals surface area contributed by atoms with E-state index >= 15 is 0 Å². The highest BCUT2D eigenvalue weighted by Crippen LogP contribution is 2.32. The number of hydrazine groups is 1. The summed E-state index contributed by atoms with van der Waals surface area (Å²) in [6.07, 6.45) is 0.703. The number of thiophene rings is 1. The van der Waals surface area contributed by atoms with Crippen LogP contribution in [0.15, 0.2) is 0 Å². The van der Waals surface area contributed by atoms with Gasteiger partial charge in [0.15, 0.2) is 5.82 Å². The Morgan fingerprint density at radius 1 is 1.33 bits per heavy atom. The van der Waals surface area contributed by atoms with Crippen LogP contribution in [0.3, 0.4) is 0 Å². The van der Waals surface area contributed by atoms with Gasteiger partial charge in [-0.05, 0) is 26.3 Å². The SMILES string of the molecule is CCOCCc1nc(NN)c2c(C)c(C)sc2n1. The van der Waals surface area contributed by atoms with E-state index in [-0.39, 0.29) is 0 Å². The molecule has 0 unspecified atom stereocenters. The number of rotatable bonds is 5. The lowest BCUT2D eigenvalue weighted by atomic mass is 10.2. The minimum Gasteiger partial charge on any atom is -0.381 e. The molecule has 0 saturated carbocycles. The molecule has 0 aromatic carbocycles. The number of fused-ring (bicyclic) bond motifs is 1. The van der Waals surface area contributed by atoms with Gasteiger partial charge in [0.1, 0.15) is 10.7 Å². The molecule has 0 aliphatic heterocycles. The van der Waals surface area contributed by atoms with Gasteiger partial charge in [0.25, 0.3) is 0 Å². The molecule has 0 saturated heterocycles. The number of ether oxygens (including phenoxy) is 1. The lowest BCUT2D eigenvalue weighted by molar-refractivity contribution is 0.149. The summed E-state index contributed by atoms with van der Waals surface area (Å²) in [5.74, 6) is 7.02. The summed E-state index contributed by atoms with van der Waals surface area (Å²) in [7, 11) is 0. The monoisotopic (exact) mass is 266 g/mol. The van der Waals surface area contributed by atoms with E-state index in [4.69, 9.17) is 10.6 Å². The first-order chi connectivity index (χ1) is 8.67. The summed E-state index contributed by atoms with van der Waals surface area (Å²) in [5.41, 5.74) is 3.86. The predicted molar refractivity (Wildman–Crippen MR) is 74.9 cm³/mol. The van der Waals surface area contributed by atoms with Crippen LogP contribution in [-0.2, 0) is 11.2 Å². The van der Waals surface area contributed by atoms with Gasteiger partial charge < -0.3 is 10.2 Å². The van der Waals surface area contributed by atoms with Crippen molar-refractivity contribution in [2.75, 3.05) is 18.6 Å². The van der Waals surface area contributed by atoms with Gasteiger partial charge in [-0.25, -0.2) is 15.8 Å². The van der Waals surface area contributed by atoms with E-state index in [9.17, 15) is 0 Å². The molecular formula is C12H18N4OS. The van der Waals surface area contributed by atoms with Crippen LogP contribution in [0, 0.1) is 13.8 Å². The summed E-state index contributed by atoms with van der Waals surface area (Å²) < 4.78 is 5.32. The van der Waals surface area contributed by atoms with Crippen LogP contribution in [0.2, 0.25) is 0 Å². The van der Waals surface area contributed by atoms with Crippen molar-refractivity contribution in [2.24, 2.45) is 5.84 Å². The molecule has 0 amide bonds. The van der Waals surface area contributed by atoms with Crippen LogP contribution in [0.4, 0.5) is 5.82 Å². The van der Waals surface area contributed by atoms with Gasteiger partial charge in [-0.15, -0.1) is 11.3 Å². The Hall–Kier alpha value is -1.24. The maximum absolute atomic E-state index is 5.55. The van der Waals surface area contributed by atoms with Crippen molar-refractivity contribution in [3.8, 4) is 0 Å². The second kappa shape index (κ2) is 5.60. The zero-order valence-corrected chi connectivity index (χ0v) is 11.7. The van der Waals surface area contributed by atoms with Gasteiger partial charge in [0.2, 0.25) is 0 Å². The molecule has 0 bridgehead atoms. The van der Waals surface area contributed by atoms with Crippen LogP contribution in [0.1, 0.15) is 23.2 Å². The maximum Gasteiger partial charge on any atom is 0.152 e. The molecule has 2 heterocycles. The maximum atomic E-state index is 5.55. The molecule has 0 atom stereocenters. The molecule has 0 radical (unpaired) electrons. The van der Waals surface area contributed by atoms with Gasteiger partial charge in [-0.1, -0.05) is 0 Å². The Kier molecular flexibility index (Phi) is 4.11. The molecule has 6 heteroatoms.